The second kappa shape index (κ2) is 9.44. The summed E-state index contributed by atoms with van der Waals surface area (Å²) in [6.45, 7) is 3.88. The number of carbonyl (C=O) groups is 1. The Labute approximate surface area is 183 Å². The van der Waals surface area contributed by atoms with Crippen molar-refractivity contribution in [3.63, 3.8) is 0 Å². The van der Waals surface area contributed by atoms with Crippen LogP contribution in [-0.4, -0.2) is 47.0 Å². The molecule has 0 radical (unpaired) electrons. The fraction of sp³-hybridized carbons (Fsp3) is 0.304. The molecule has 0 N–H and O–H groups in total. The van der Waals surface area contributed by atoms with Gasteiger partial charge in [-0.1, -0.05) is 17.3 Å². The van der Waals surface area contributed by atoms with E-state index in [-0.39, 0.29) is 36.1 Å². The molecule has 1 aliphatic rings. The molecule has 168 valence electrons. The number of piperazine rings is 1. The van der Waals surface area contributed by atoms with Crippen molar-refractivity contribution in [2.75, 3.05) is 26.2 Å². The van der Waals surface area contributed by atoms with Crippen LogP contribution in [0.4, 0.5) is 13.2 Å². The zero-order valence-electron chi connectivity index (χ0n) is 17.5. The largest absolute Gasteiger partial charge is 0.489 e. The van der Waals surface area contributed by atoms with Crippen molar-refractivity contribution in [3.8, 4) is 5.75 Å². The molecule has 0 unspecified atom stereocenters. The average Bonchev–Trinajstić information content (AvgIpc) is 3.17. The van der Waals surface area contributed by atoms with E-state index in [1.54, 1.807) is 17.9 Å². The van der Waals surface area contributed by atoms with Crippen LogP contribution in [0, 0.1) is 24.4 Å². The Morgan fingerprint density at radius 1 is 1.06 bits per heavy atom. The van der Waals surface area contributed by atoms with Crippen LogP contribution in [0.1, 0.15) is 27.4 Å². The fourth-order valence-corrected chi connectivity index (χ4v) is 3.59. The Morgan fingerprint density at radius 3 is 2.50 bits per heavy atom. The SMILES string of the molecule is Cc1onc(C(=O)N2CCN(Cc3cccc(F)c3F)CC2)c1COc1ccc(F)cc1. The van der Waals surface area contributed by atoms with Gasteiger partial charge in [0.1, 0.15) is 23.9 Å². The lowest BCUT2D eigenvalue weighted by Crippen LogP contribution is -2.48. The van der Waals surface area contributed by atoms with Crippen molar-refractivity contribution in [2.45, 2.75) is 20.1 Å². The van der Waals surface area contributed by atoms with Gasteiger partial charge in [0.05, 0.1) is 5.56 Å². The smallest absolute Gasteiger partial charge is 0.276 e. The van der Waals surface area contributed by atoms with Crippen LogP contribution in [0.5, 0.6) is 5.75 Å². The van der Waals surface area contributed by atoms with Gasteiger partial charge in [-0.2, -0.15) is 0 Å². The summed E-state index contributed by atoms with van der Waals surface area (Å²) >= 11 is 0. The first-order valence-corrected chi connectivity index (χ1v) is 10.2. The summed E-state index contributed by atoms with van der Waals surface area (Å²) < 4.78 is 51.3. The number of ether oxygens (including phenoxy) is 1. The molecule has 1 aromatic heterocycles. The predicted octanol–water partition coefficient (Wildman–Crippen LogP) is 3.94. The van der Waals surface area contributed by atoms with Crippen molar-refractivity contribution in [2.24, 2.45) is 0 Å². The number of carbonyl (C=O) groups excluding carboxylic acids is 1. The van der Waals surface area contributed by atoms with Crippen molar-refractivity contribution in [1.29, 1.82) is 0 Å². The van der Waals surface area contributed by atoms with Crippen molar-refractivity contribution in [1.82, 2.24) is 15.0 Å². The van der Waals surface area contributed by atoms with Gasteiger partial charge in [0.25, 0.3) is 5.91 Å². The predicted molar refractivity (Wildman–Crippen MR) is 110 cm³/mol. The highest BCUT2D eigenvalue weighted by atomic mass is 19.2. The molecule has 0 atom stereocenters. The van der Waals surface area contributed by atoms with Crippen LogP contribution in [0.25, 0.3) is 0 Å². The Balaban J connectivity index is 1.37. The maximum absolute atomic E-state index is 13.9. The van der Waals surface area contributed by atoms with Crippen LogP contribution in [-0.2, 0) is 13.2 Å². The highest BCUT2D eigenvalue weighted by molar-refractivity contribution is 5.93. The number of hydrogen-bond acceptors (Lipinski definition) is 5. The number of aryl methyl sites for hydroxylation is 1. The van der Waals surface area contributed by atoms with Gasteiger partial charge in [0, 0.05) is 38.3 Å². The van der Waals surface area contributed by atoms with Gasteiger partial charge >= 0.3 is 0 Å². The Bertz CT molecular complexity index is 1090. The zero-order valence-corrected chi connectivity index (χ0v) is 17.5. The van der Waals surface area contributed by atoms with E-state index in [2.05, 4.69) is 5.16 Å². The second-order valence-corrected chi connectivity index (χ2v) is 7.59. The monoisotopic (exact) mass is 445 g/mol. The minimum absolute atomic E-state index is 0.0564. The molecule has 3 aromatic rings. The third-order valence-electron chi connectivity index (χ3n) is 5.47. The van der Waals surface area contributed by atoms with Crippen LogP contribution < -0.4 is 4.74 Å². The van der Waals surface area contributed by atoms with Crippen LogP contribution in [0.15, 0.2) is 47.0 Å². The lowest BCUT2D eigenvalue weighted by atomic mass is 10.1. The van der Waals surface area contributed by atoms with Crippen molar-refractivity contribution >= 4 is 5.91 Å². The lowest BCUT2D eigenvalue weighted by Gasteiger charge is -2.34. The van der Waals surface area contributed by atoms with Gasteiger partial charge in [0.15, 0.2) is 17.3 Å². The first-order chi connectivity index (χ1) is 15.4. The molecule has 0 aliphatic carbocycles. The number of rotatable bonds is 6. The maximum atomic E-state index is 13.9. The number of amides is 1. The summed E-state index contributed by atoms with van der Waals surface area (Å²) in [5.41, 5.74) is 0.995. The molecule has 1 amide bonds. The minimum atomic E-state index is -0.867. The molecular weight excluding hydrogens is 423 g/mol. The van der Waals surface area contributed by atoms with E-state index in [1.807, 2.05) is 4.90 Å². The van der Waals surface area contributed by atoms with Gasteiger partial charge in [-0.3, -0.25) is 9.69 Å². The standard InChI is InChI=1S/C23H22F3N3O3/c1-15-19(14-31-18-7-5-17(24)6-8-18)22(27-32-15)23(30)29-11-9-28(10-12-29)13-16-3-2-4-20(25)21(16)26/h2-8H,9-14H2,1H3. The highest BCUT2D eigenvalue weighted by Crippen LogP contribution is 2.21. The Kier molecular flexibility index (Phi) is 6.45. The van der Waals surface area contributed by atoms with E-state index in [1.165, 1.54) is 30.3 Å². The van der Waals surface area contributed by atoms with Gasteiger partial charge in [0.2, 0.25) is 0 Å². The minimum Gasteiger partial charge on any atom is -0.489 e. The summed E-state index contributed by atoms with van der Waals surface area (Å²) in [7, 11) is 0. The Hall–Kier alpha value is -3.33. The third kappa shape index (κ3) is 4.77. The Morgan fingerprint density at radius 2 is 1.78 bits per heavy atom. The molecule has 4 rings (SSSR count). The molecule has 9 heteroatoms. The second-order valence-electron chi connectivity index (χ2n) is 7.59. The van der Waals surface area contributed by atoms with Gasteiger partial charge in [-0.15, -0.1) is 0 Å². The summed E-state index contributed by atoms with van der Waals surface area (Å²) in [6.07, 6.45) is 0. The topological polar surface area (TPSA) is 58.8 Å². The molecule has 32 heavy (non-hydrogen) atoms. The third-order valence-corrected chi connectivity index (χ3v) is 5.47. The first-order valence-electron chi connectivity index (χ1n) is 10.2. The number of halogens is 3. The van der Waals surface area contributed by atoms with Crippen LogP contribution in [0.2, 0.25) is 0 Å². The molecule has 1 aliphatic heterocycles. The molecule has 2 heterocycles. The molecule has 2 aromatic carbocycles. The van der Waals surface area contributed by atoms with E-state index in [0.29, 0.717) is 43.3 Å². The average molecular weight is 445 g/mol. The number of nitrogens with zero attached hydrogens (tertiary/aromatic N) is 3. The quantitative estimate of drug-likeness (QED) is 0.575. The number of benzene rings is 2. The molecule has 1 saturated heterocycles. The number of aromatic nitrogens is 1. The fourth-order valence-electron chi connectivity index (χ4n) is 3.59. The summed E-state index contributed by atoms with van der Waals surface area (Å²) in [5, 5.41) is 3.91. The van der Waals surface area contributed by atoms with E-state index < -0.39 is 11.6 Å². The van der Waals surface area contributed by atoms with Gasteiger partial charge < -0.3 is 14.2 Å². The zero-order chi connectivity index (χ0) is 22.7. The molecular formula is C23H22F3N3O3. The van der Waals surface area contributed by atoms with Crippen LogP contribution in [0.3, 0.4) is 0 Å². The van der Waals surface area contributed by atoms with E-state index in [9.17, 15) is 18.0 Å². The van der Waals surface area contributed by atoms with Crippen molar-refractivity contribution < 1.29 is 27.2 Å². The molecule has 0 bridgehead atoms. The van der Waals surface area contributed by atoms with E-state index in [4.69, 9.17) is 9.26 Å². The molecule has 6 nitrogen and oxygen atoms in total. The normalized spacial score (nSPS) is 14.6. The summed E-state index contributed by atoms with van der Waals surface area (Å²) in [6, 6.07) is 9.71. The lowest BCUT2D eigenvalue weighted by molar-refractivity contribution is 0.0614. The van der Waals surface area contributed by atoms with E-state index in [0.717, 1.165) is 6.07 Å². The molecule has 0 spiro atoms. The maximum Gasteiger partial charge on any atom is 0.276 e. The van der Waals surface area contributed by atoms with Gasteiger partial charge in [-0.25, -0.2) is 13.2 Å². The summed E-state index contributed by atoms with van der Waals surface area (Å²) in [4.78, 5) is 16.6. The first kappa shape index (κ1) is 21.9. The molecule has 0 saturated carbocycles. The van der Waals surface area contributed by atoms with Gasteiger partial charge in [-0.05, 0) is 37.3 Å². The molecule has 1 fully saturated rings. The van der Waals surface area contributed by atoms with E-state index >= 15 is 0 Å². The number of hydrogen-bond donors (Lipinski definition) is 0. The summed E-state index contributed by atoms with van der Waals surface area (Å²) in [5.74, 6) is -1.42. The van der Waals surface area contributed by atoms with Crippen molar-refractivity contribution in [3.05, 3.63) is 82.5 Å². The van der Waals surface area contributed by atoms with Crippen LogP contribution >= 0.6 is 0 Å². The highest BCUT2D eigenvalue weighted by Gasteiger charge is 2.28.